The van der Waals surface area contributed by atoms with Gasteiger partial charge in [0.1, 0.15) is 0 Å². The molecule has 0 amide bonds. The number of hydrogen-bond donors (Lipinski definition) is 2. The van der Waals surface area contributed by atoms with Crippen LogP contribution in [0.1, 0.15) is 0 Å². The molecular formula is C12H14N2. The first-order chi connectivity index (χ1) is 6.45. The lowest BCUT2D eigenvalue weighted by molar-refractivity contribution is 1.55. The predicted octanol–water partition coefficient (Wildman–Crippen LogP) is 3.59. The van der Waals surface area contributed by atoms with Crippen LogP contribution < -0.4 is 11.5 Å². The highest BCUT2D eigenvalue weighted by molar-refractivity contribution is 5.58. The Labute approximate surface area is 84.2 Å². The van der Waals surface area contributed by atoms with E-state index in [0.717, 1.165) is 11.4 Å². The summed E-state index contributed by atoms with van der Waals surface area (Å²) < 4.78 is 0. The first kappa shape index (κ1) is 10.3. The van der Waals surface area contributed by atoms with Gasteiger partial charge in [-0.15, -0.1) is 0 Å². The molecule has 2 aromatic rings. The number of benzene rings is 2. The maximum Gasteiger partial charge on any atom is 0.0384 e. The van der Waals surface area contributed by atoms with Crippen LogP contribution in [0.15, 0.2) is 60.7 Å². The third-order valence-electron chi connectivity index (χ3n) is 1.84. The number of anilines is 2. The molecule has 0 unspecified atom stereocenters. The van der Waals surface area contributed by atoms with Gasteiger partial charge >= 0.3 is 0 Å². The van der Waals surface area contributed by atoms with Gasteiger partial charge in [-0.3, -0.25) is 0 Å². The number of hydrogen-bond acceptors (Lipinski definition) is 2. The van der Waals surface area contributed by atoms with Crippen LogP contribution in [-0.4, -0.2) is 0 Å². The summed E-state index contributed by atoms with van der Waals surface area (Å²) in [6, 6.07) is 20.3. The molecule has 0 heterocycles. The maximum absolute atomic E-state index is 3.30. The second kappa shape index (κ2) is 5.04. The molecule has 0 radical (unpaired) electrons. The molecule has 2 aromatic carbocycles. The van der Waals surface area contributed by atoms with E-state index in [-0.39, 0.29) is 6.15 Å². The monoisotopic (exact) mass is 186 g/mol. The highest BCUT2D eigenvalue weighted by Crippen LogP contribution is 2.14. The van der Waals surface area contributed by atoms with Crippen LogP contribution in [0.5, 0.6) is 0 Å². The largest absolute Gasteiger partial charge is 0.356 e. The van der Waals surface area contributed by atoms with Gasteiger partial charge < -0.3 is 11.5 Å². The summed E-state index contributed by atoms with van der Waals surface area (Å²) in [6.07, 6.45) is 0. The molecule has 0 aliphatic heterocycles. The molecule has 0 aliphatic carbocycles. The summed E-state index contributed by atoms with van der Waals surface area (Å²) in [5.41, 5.74) is 2.24. The molecule has 2 heteroatoms. The summed E-state index contributed by atoms with van der Waals surface area (Å²) in [7, 11) is 0. The molecule has 0 aromatic heterocycles. The summed E-state index contributed by atoms with van der Waals surface area (Å²) in [6.45, 7) is 0. The Bertz CT molecular complexity index is 319. The molecule has 0 fully saturated rings. The van der Waals surface area contributed by atoms with Crippen molar-refractivity contribution in [3.63, 3.8) is 0 Å². The van der Waals surface area contributed by atoms with Crippen molar-refractivity contribution in [3.05, 3.63) is 60.7 Å². The van der Waals surface area contributed by atoms with E-state index in [4.69, 9.17) is 0 Å². The number of rotatable bonds is 2. The quantitative estimate of drug-likeness (QED) is 0.752. The van der Waals surface area contributed by atoms with Crippen LogP contribution in [0.3, 0.4) is 0 Å². The summed E-state index contributed by atoms with van der Waals surface area (Å²) in [5, 5.41) is 3.30. The van der Waals surface area contributed by atoms with Gasteiger partial charge in [-0.05, 0) is 24.3 Å². The first-order valence-electron chi connectivity index (χ1n) is 4.32. The van der Waals surface area contributed by atoms with Gasteiger partial charge in [0.2, 0.25) is 0 Å². The summed E-state index contributed by atoms with van der Waals surface area (Å²) >= 11 is 0. The SMILES string of the molecule is N.c1ccc(Nc2ccccc2)cc1. The molecular weight excluding hydrogens is 172 g/mol. The second-order valence-electron chi connectivity index (χ2n) is 2.86. The standard InChI is InChI=1S/C12H11N.H3N/c1-3-7-11(8-4-1)13-12-9-5-2-6-10-12;/h1-10,13H;1H3. The van der Waals surface area contributed by atoms with E-state index in [1.807, 2.05) is 60.7 Å². The molecule has 2 nitrogen and oxygen atoms in total. The fraction of sp³-hybridized carbons (Fsp3) is 0. The third kappa shape index (κ3) is 2.61. The lowest BCUT2D eigenvalue weighted by Crippen LogP contribution is -1.87. The molecule has 0 atom stereocenters. The Morgan fingerprint density at radius 1 is 0.571 bits per heavy atom. The van der Waals surface area contributed by atoms with Crippen LogP contribution in [0, 0.1) is 0 Å². The fourth-order valence-corrected chi connectivity index (χ4v) is 1.21. The molecule has 0 saturated heterocycles. The molecule has 0 bridgehead atoms. The number of nitrogens with one attached hydrogen (secondary N) is 1. The van der Waals surface area contributed by atoms with Crippen LogP contribution >= 0.6 is 0 Å². The molecule has 72 valence electrons. The Hall–Kier alpha value is -1.80. The molecule has 0 spiro atoms. The second-order valence-corrected chi connectivity index (χ2v) is 2.86. The Kier molecular flexibility index (Phi) is 3.70. The molecule has 0 aliphatic rings. The zero-order chi connectivity index (χ0) is 8.93. The minimum atomic E-state index is 0. The van der Waals surface area contributed by atoms with Gasteiger partial charge in [0.05, 0.1) is 0 Å². The molecule has 2 rings (SSSR count). The summed E-state index contributed by atoms with van der Waals surface area (Å²) in [5.74, 6) is 0. The van der Waals surface area contributed by atoms with E-state index >= 15 is 0 Å². The smallest absolute Gasteiger partial charge is 0.0384 e. The minimum absolute atomic E-state index is 0. The average Bonchev–Trinajstić information content (AvgIpc) is 2.21. The molecule has 0 saturated carbocycles. The van der Waals surface area contributed by atoms with Gasteiger partial charge in [0.25, 0.3) is 0 Å². The normalized spacial score (nSPS) is 8.86. The predicted molar refractivity (Wildman–Crippen MR) is 61.2 cm³/mol. The van der Waals surface area contributed by atoms with E-state index in [1.165, 1.54) is 0 Å². The Morgan fingerprint density at radius 3 is 1.29 bits per heavy atom. The molecule has 4 N–H and O–H groups in total. The van der Waals surface area contributed by atoms with Gasteiger partial charge in [0.15, 0.2) is 0 Å². The Morgan fingerprint density at radius 2 is 0.929 bits per heavy atom. The van der Waals surface area contributed by atoms with Gasteiger partial charge in [0, 0.05) is 11.4 Å². The van der Waals surface area contributed by atoms with Crippen LogP contribution in [0.2, 0.25) is 0 Å². The first-order valence-corrected chi connectivity index (χ1v) is 4.32. The van der Waals surface area contributed by atoms with Gasteiger partial charge in [-0.1, -0.05) is 36.4 Å². The van der Waals surface area contributed by atoms with E-state index in [9.17, 15) is 0 Å². The Balaban J connectivity index is 0.000000980. The van der Waals surface area contributed by atoms with Crippen LogP contribution in [0.4, 0.5) is 11.4 Å². The fourth-order valence-electron chi connectivity index (χ4n) is 1.21. The van der Waals surface area contributed by atoms with Crippen LogP contribution in [0.25, 0.3) is 0 Å². The van der Waals surface area contributed by atoms with Crippen molar-refractivity contribution in [1.82, 2.24) is 6.15 Å². The van der Waals surface area contributed by atoms with Crippen molar-refractivity contribution < 1.29 is 0 Å². The maximum atomic E-state index is 3.30. The van der Waals surface area contributed by atoms with Gasteiger partial charge in [-0.25, -0.2) is 0 Å². The zero-order valence-electron chi connectivity index (χ0n) is 7.98. The van der Waals surface area contributed by atoms with Crippen molar-refractivity contribution in [2.24, 2.45) is 0 Å². The highest BCUT2D eigenvalue weighted by atomic mass is 14.9. The summed E-state index contributed by atoms with van der Waals surface area (Å²) in [4.78, 5) is 0. The molecule has 14 heavy (non-hydrogen) atoms. The minimum Gasteiger partial charge on any atom is -0.356 e. The van der Waals surface area contributed by atoms with Crippen molar-refractivity contribution in [3.8, 4) is 0 Å². The third-order valence-corrected chi connectivity index (χ3v) is 1.84. The highest BCUT2D eigenvalue weighted by Gasteiger charge is 1.89. The average molecular weight is 186 g/mol. The lowest BCUT2D eigenvalue weighted by Gasteiger charge is -2.04. The zero-order valence-corrected chi connectivity index (χ0v) is 7.98. The van der Waals surface area contributed by atoms with E-state index in [2.05, 4.69) is 5.32 Å². The number of para-hydroxylation sites is 2. The van der Waals surface area contributed by atoms with Crippen molar-refractivity contribution in [2.45, 2.75) is 0 Å². The van der Waals surface area contributed by atoms with Crippen molar-refractivity contribution in [1.29, 1.82) is 0 Å². The van der Waals surface area contributed by atoms with E-state index in [0.29, 0.717) is 0 Å². The van der Waals surface area contributed by atoms with E-state index in [1.54, 1.807) is 0 Å². The van der Waals surface area contributed by atoms with Crippen LogP contribution in [-0.2, 0) is 0 Å². The topological polar surface area (TPSA) is 47.0 Å². The lowest BCUT2D eigenvalue weighted by atomic mass is 10.3. The van der Waals surface area contributed by atoms with Crippen molar-refractivity contribution in [2.75, 3.05) is 5.32 Å². The van der Waals surface area contributed by atoms with E-state index < -0.39 is 0 Å². The van der Waals surface area contributed by atoms with Gasteiger partial charge in [-0.2, -0.15) is 0 Å². The van der Waals surface area contributed by atoms with Crippen molar-refractivity contribution >= 4 is 11.4 Å².